The fourth-order valence-corrected chi connectivity index (χ4v) is 2.33. The lowest BCUT2D eigenvalue weighted by Crippen LogP contribution is -2.31. The Morgan fingerprint density at radius 2 is 2.30 bits per heavy atom. The number of primary amides is 1. The summed E-state index contributed by atoms with van der Waals surface area (Å²) < 4.78 is 0. The van der Waals surface area contributed by atoms with Gasteiger partial charge in [0.05, 0.1) is 5.56 Å². The Balaban J connectivity index is 2.08. The third-order valence-electron chi connectivity index (χ3n) is 3.21. The molecule has 2 amide bonds. The topological polar surface area (TPSA) is 101 Å². The van der Waals surface area contributed by atoms with Gasteiger partial charge in [0.1, 0.15) is 0 Å². The first kappa shape index (κ1) is 14.5. The second kappa shape index (κ2) is 6.04. The zero-order valence-corrected chi connectivity index (χ0v) is 11.9. The fraction of sp³-hybridized carbons (Fsp3) is 0.500. The Morgan fingerprint density at radius 3 is 2.95 bits per heavy atom. The van der Waals surface area contributed by atoms with Gasteiger partial charge >= 0.3 is 0 Å². The van der Waals surface area contributed by atoms with E-state index in [-0.39, 0.29) is 22.7 Å². The third-order valence-corrected chi connectivity index (χ3v) is 3.40. The summed E-state index contributed by atoms with van der Waals surface area (Å²) >= 11 is 5.70. The lowest BCUT2D eigenvalue weighted by atomic mass is 10.2. The van der Waals surface area contributed by atoms with Crippen molar-refractivity contribution in [3.8, 4) is 0 Å². The zero-order chi connectivity index (χ0) is 14.7. The number of nitrogens with two attached hydrogens (primary N) is 1. The Bertz CT molecular complexity index is 537. The molecular weight excluding hydrogens is 282 g/mol. The third kappa shape index (κ3) is 3.16. The summed E-state index contributed by atoms with van der Waals surface area (Å²) in [6.07, 6.45) is 1.27. The molecule has 1 aliphatic rings. The van der Waals surface area contributed by atoms with Gasteiger partial charge in [-0.2, -0.15) is 0 Å². The fourth-order valence-electron chi connectivity index (χ4n) is 2.18. The van der Waals surface area contributed by atoms with E-state index in [1.54, 1.807) is 4.90 Å². The minimum atomic E-state index is -0.621. The highest BCUT2D eigenvalue weighted by molar-refractivity contribution is 6.29. The van der Waals surface area contributed by atoms with Gasteiger partial charge < -0.3 is 16.0 Å². The van der Waals surface area contributed by atoms with Crippen LogP contribution in [0.15, 0.2) is 6.07 Å². The van der Waals surface area contributed by atoms with Crippen LogP contribution in [0.25, 0.3) is 0 Å². The van der Waals surface area contributed by atoms with Crippen LogP contribution in [0.5, 0.6) is 0 Å². The molecule has 1 fully saturated rings. The van der Waals surface area contributed by atoms with Gasteiger partial charge in [0.2, 0.25) is 5.91 Å². The van der Waals surface area contributed by atoms with Gasteiger partial charge in [-0.15, -0.1) is 10.2 Å². The number of hydrogen-bond donors (Lipinski definition) is 2. The van der Waals surface area contributed by atoms with Gasteiger partial charge in [-0.1, -0.05) is 18.5 Å². The molecule has 1 unspecified atom stereocenters. The molecule has 0 aromatic carbocycles. The SMILES string of the molecule is CCC(=O)N1CCC(Nc2nnc(Cl)cc2C(N)=O)C1. The van der Waals surface area contributed by atoms with Crippen LogP contribution in [-0.4, -0.2) is 46.0 Å². The van der Waals surface area contributed by atoms with E-state index in [0.717, 1.165) is 6.42 Å². The summed E-state index contributed by atoms with van der Waals surface area (Å²) in [4.78, 5) is 24.8. The lowest BCUT2D eigenvalue weighted by molar-refractivity contribution is -0.129. The highest BCUT2D eigenvalue weighted by atomic mass is 35.5. The number of anilines is 1. The zero-order valence-electron chi connectivity index (χ0n) is 11.1. The first-order valence-corrected chi connectivity index (χ1v) is 6.76. The van der Waals surface area contributed by atoms with Gasteiger partial charge in [0.15, 0.2) is 11.0 Å². The number of halogens is 1. The van der Waals surface area contributed by atoms with Gasteiger partial charge in [-0.25, -0.2) is 0 Å². The van der Waals surface area contributed by atoms with Crippen molar-refractivity contribution in [3.05, 3.63) is 16.8 Å². The van der Waals surface area contributed by atoms with E-state index in [2.05, 4.69) is 15.5 Å². The Morgan fingerprint density at radius 1 is 1.55 bits per heavy atom. The van der Waals surface area contributed by atoms with Crippen molar-refractivity contribution in [2.45, 2.75) is 25.8 Å². The normalized spacial score (nSPS) is 18.1. The quantitative estimate of drug-likeness (QED) is 0.850. The average Bonchev–Trinajstić information content (AvgIpc) is 2.88. The van der Waals surface area contributed by atoms with Crippen LogP contribution in [-0.2, 0) is 4.79 Å². The van der Waals surface area contributed by atoms with Gasteiger partial charge in [-0.05, 0) is 12.5 Å². The first-order valence-electron chi connectivity index (χ1n) is 6.38. The van der Waals surface area contributed by atoms with Crippen LogP contribution in [0.1, 0.15) is 30.1 Å². The molecule has 0 aliphatic carbocycles. The number of nitrogens with zero attached hydrogens (tertiary/aromatic N) is 3. The number of aromatic nitrogens is 2. The minimum absolute atomic E-state index is 0.0269. The Hall–Kier alpha value is -1.89. The van der Waals surface area contributed by atoms with Crippen LogP contribution in [0.3, 0.4) is 0 Å². The van der Waals surface area contributed by atoms with E-state index in [0.29, 0.717) is 25.3 Å². The number of rotatable bonds is 4. The van der Waals surface area contributed by atoms with Gasteiger partial charge in [0, 0.05) is 25.6 Å². The maximum Gasteiger partial charge on any atom is 0.252 e. The molecule has 1 atom stereocenters. The Kier molecular flexibility index (Phi) is 4.39. The van der Waals surface area contributed by atoms with Crippen LogP contribution < -0.4 is 11.1 Å². The highest BCUT2D eigenvalue weighted by Crippen LogP contribution is 2.19. The smallest absolute Gasteiger partial charge is 0.252 e. The molecule has 0 spiro atoms. The molecule has 20 heavy (non-hydrogen) atoms. The van der Waals surface area contributed by atoms with E-state index >= 15 is 0 Å². The second-order valence-corrected chi connectivity index (χ2v) is 5.00. The summed E-state index contributed by atoms with van der Waals surface area (Å²) in [6, 6.07) is 1.41. The Labute approximate surface area is 121 Å². The summed E-state index contributed by atoms with van der Waals surface area (Å²) in [5.74, 6) is -0.201. The van der Waals surface area contributed by atoms with E-state index in [1.165, 1.54) is 6.07 Å². The van der Waals surface area contributed by atoms with Crippen molar-refractivity contribution in [2.24, 2.45) is 5.73 Å². The van der Waals surface area contributed by atoms with Crippen molar-refractivity contribution in [1.29, 1.82) is 0 Å². The molecule has 108 valence electrons. The first-order chi connectivity index (χ1) is 9.51. The predicted octanol–water partition coefficient (Wildman–Crippen LogP) is 0.652. The number of nitrogens with one attached hydrogen (secondary N) is 1. The molecule has 0 saturated carbocycles. The van der Waals surface area contributed by atoms with Crippen molar-refractivity contribution in [1.82, 2.24) is 15.1 Å². The second-order valence-electron chi connectivity index (χ2n) is 4.62. The minimum Gasteiger partial charge on any atom is -0.365 e. The molecule has 1 saturated heterocycles. The van der Waals surface area contributed by atoms with E-state index in [1.807, 2.05) is 6.92 Å². The number of amides is 2. The molecule has 3 N–H and O–H groups in total. The van der Waals surface area contributed by atoms with Crippen molar-refractivity contribution in [3.63, 3.8) is 0 Å². The standard InChI is InChI=1S/C12H16ClN5O2/c1-2-10(19)18-4-3-7(6-18)15-12-8(11(14)20)5-9(13)16-17-12/h5,7H,2-4,6H2,1H3,(H2,14,20)(H,15,17). The van der Waals surface area contributed by atoms with Crippen LogP contribution in [0, 0.1) is 0 Å². The lowest BCUT2D eigenvalue weighted by Gasteiger charge is -2.17. The highest BCUT2D eigenvalue weighted by Gasteiger charge is 2.26. The van der Waals surface area contributed by atoms with Gasteiger partial charge in [-0.3, -0.25) is 9.59 Å². The molecular formula is C12H16ClN5O2. The molecule has 7 nitrogen and oxygen atoms in total. The predicted molar refractivity (Wildman–Crippen MR) is 74.5 cm³/mol. The number of likely N-dealkylation sites (tertiary alicyclic amines) is 1. The summed E-state index contributed by atoms with van der Waals surface area (Å²) in [7, 11) is 0. The molecule has 8 heteroatoms. The monoisotopic (exact) mass is 297 g/mol. The van der Waals surface area contributed by atoms with Crippen molar-refractivity contribution < 1.29 is 9.59 Å². The number of hydrogen-bond acceptors (Lipinski definition) is 5. The van der Waals surface area contributed by atoms with Crippen LogP contribution in [0.4, 0.5) is 5.82 Å². The van der Waals surface area contributed by atoms with Gasteiger partial charge in [0.25, 0.3) is 5.91 Å². The van der Waals surface area contributed by atoms with Crippen LogP contribution >= 0.6 is 11.6 Å². The van der Waals surface area contributed by atoms with Crippen LogP contribution in [0.2, 0.25) is 5.15 Å². The molecule has 2 heterocycles. The van der Waals surface area contributed by atoms with E-state index in [4.69, 9.17) is 17.3 Å². The maximum absolute atomic E-state index is 11.6. The molecule has 2 rings (SSSR count). The molecule has 0 radical (unpaired) electrons. The maximum atomic E-state index is 11.6. The largest absolute Gasteiger partial charge is 0.365 e. The van der Waals surface area contributed by atoms with Crippen molar-refractivity contribution >= 4 is 29.2 Å². The van der Waals surface area contributed by atoms with E-state index < -0.39 is 5.91 Å². The summed E-state index contributed by atoms with van der Waals surface area (Å²) in [5, 5.41) is 10.8. The summed E-state index contributed by atoms with van der Waals surface area (Å²) in [5.41, 5.74) is 5.48. The molecule has 1 aromatic rings. The molecule has 1 aromatic heterocycles. The molecule has 1 aliphatic heterocycles. The van der Waals surface area contributed by atoms with E-state index in [9.17, 15) is 9.59 Å². The molecule has 0 bridgehead atoms. The average molecular weight is 298 g/mol. The summed E-state index contributed by atoms with van der Waals surface area (Å²) in [6.45, 7) is 3.10. The van der Waals surface area contributed by atoms with Crippen molar-refractivity contribution in [2.75, 3.05) is 18.4 Å². The number of carbonyl (C=O) groups excluding carboxylic acids is 2. The number of carbonyl (C=O) groups is 2.